The lowest BCUT2D eigenvalue weighted by Gasteiger charge is -2.23. The highest BCUT2D eigenvalue weighted by molar-refractivity contribution is 8.04. The van der Waals surface area contributed by atoms with Crippen LogP contribution in [0.15, 0.2) is 94.2 Å². The van der Waals surface area contributed by atoms with Gasteiger partial charge in [-0.05, 0) is 29.8 Å². The molecule has 2 heterocycles. The highest BCUT2D eigenvalue weighted by Crippen LogP contribution is 2.48. The van der Waals surface area contributed by atoms with Gasteiger partial charge in [-0.15, -0.1) is 0 Å². The summed E-state index contributed by atoms with van der Waals surface area (Å²) >= 11 is 1.33. The fourth-order valence-corrected chi connectivity index (χ4v) is 4.92. The van der Waals surface area contributed by atoms with E-state index in [1.165, 1.54) is 23.8 Å². The molecular formula is C24H18N2O3S. The van der Waals surface area contributed by atoms with Crippen molar-refractivity contribution in [1.82, 2.24) is 0 Å². The number of rotatable bonds is 3. The number of para-hydroxylation sites is 3. The molecule has 3 aromatic carbocycles. The molecule has 1 atom stereocenters. The van der Waals surface area contributed by atoms with Crippen molar-refractivity contribution in [3.05, 3.63) is 94.9 Å². The van der Waals surface area contributed by atoms with Crippen molar-refractivity contribution >= 4 is 35.0 Å². The Kier molecular flexibility index (Phi) is 4.56. The Morgan fingerprint density at radius 3 is 2.37 bits per heavy atom. The number of thioether (sulfide) groups is 1. The second-order valence-corrected chi connectivity index (χ2v) is 8.00. The lowest BCUT2D eigenvalue weighted by molar-refractivity contribution is -0.120. The van der Waals surface area contributed by atoms with E-state index in [-0.39, 0.29) is 11.8 Å². The molecule has 5 nitrogen and oxygen atoms in total. The Morgan fingerprint density at radius 2 is 1.57 bits per heavy atom. The normalized spacial score (nSPS) is 17.9. The van der Waals surface area contributed by atoms with Crippen molar-refractivity contribution in [2.24, 2.45) is 0 Å². The summed E-state index contributed by atoms with van der Waals surface area (Å²) in [6.45, 7) is 0. The molecule has 0 saturated carbocycles. The summed E-state index contributed by atoms with van der Waals surface area (Å²) in [4.78, 5) is 29.7. The predicted molar refractivity (Wildman–Crippen MR) is 118 cm³/mol. The topological polar surface area (TPSA) is 58.6 Å². The van der Waals surface area contributed by atoms with E-state index in [1.54, 1.807) is 18.2 Å². The van der Waals surface area contributed by atoms with E-state index in [2.05, 4.69) is 5.32 Å². The van der Waals surface area contributed by atoms with Crippen molar-refractivity contribution in [3.63, 3.8) is 0 Å². The molecular weight excluding hydrogens is 396 g/mol. The summed E-state index contributed by atoms with van der Waals surface area (Å²) < 4.78 is 5.41. The van der Waals surface area contributed by atoms with Crippen molar-refractivity contribution in [3.8, 4) is 5.75 Å². The van der Waals surface area contributed by atoms with Crippen molar-refractivity contribution < 1.29 is 14.3 Å². The lowest BCUT2D eigenvalue weighted by Crippen LogP contribution is -2.33. The monoisotopic (exact) mass is 414 g/mol. The van der Waals surface area contributed by atoms with Gasteiger partial charge in [0, 0.05) is 10.6 Å². The van der Waals surface area contributed by atoms with Crippen LogP contribution in [0.1, 0.15) is 11.6 Å². The van der Waals surface area contributed by atoms with Gasteiger partial charge in [-0.1, -0.05) is 66.4 Å². The number of nitrogens with zero attached hydrogens (tertiary/aromatic N) is 1. The fraction of sp³-hybridized carbons (Fsp3) is 0.0833. The standard InChI is InChI=1S/C24H18N2O3S/c1-29-18-13-7-6-12-17(18)26-23(27)20-21(15-9-3-2-4-10-15)25-16-11-5-8-14-19(16)30-22(20)24(26)28/h2-14,21,25H,1H3/t21-/m1/s1. The Bertz CT molecular complexity index is 1190. The van der Waals surface area contributed by atoms with Gasteiger partial charge in [0.1, 0.15) is 5.75 Å². The molecule has 148 valence electrons. The summed E-state index contributed by atoms with van der Waals surface area (Å²) in [6, 6.07) is 24.1. The number of hydrogen-bond acceptors (Lipinski definition) is 5. The van der Waals surface area contributed by atoms with E-state index in [4.69, 9.17) is 4.74 Å². The van der Waals surface area contributed by atoms with Crippen LogP contribution in [0.25, 0.3) is 0 Å². The zero-order valence-corrected chi connectivity index (χ0v) is 17.0. The number of benzene rings is 3. The quantitative estimate of drug-likeness (QED) is 0.625. The van der Waals surface area contributed by atoms with Crippen LogP contribution in [0.3, 0.4) is 0 Å². The molecule has 0 saturated heterocycles. The SMILES string of the molecule is COc1ccccc1N1C(=O)C2=C(C1=O)[C@@H](c1ccccc1)Nc1ccccc1S2. The van der Waals surface area contributed by atoms with Crippen molar-refractivity contribution in [1.29, 1.82) is 0 Å². The molecule has 0 aromatic heterocycles. The molecule has 0 spiro atoms. The molecule has 5 rings (SSSR count). The van der Waals surface area contributed by atoms with E-state index in [9.17, 15) is 9.59 Å². The van der Waals surface area contributed by atoms with Crippen LogP contribution in [0.2, 0.25) is 0 Å². The minimum Gasteiger partial charge on any atom is -0.495 e. The van der Waals surface area contributed by atoms with Crippen LogP contribution in [0.5, 0.6) is 5.75 Å². The zero-order chi connectivity index (χ0) is 20.7. The maximum absolute atomic E-state index is 13.6. The van der Waals surface area contributed by atoms with Gasteiger partial charge >= 0.3 is 0 Å². The Balaban J connectivity index is 1.67. The third-order valence-corrected chi connectivity index (χ3v) is 6.40. The summed E-state index contributed by atoms with van der Waals surface area (Å²) in [6.07, 6.45) is 0. The van der Waals surface area contributed by atoms with Crippen molar-refractivity contribution in [2.75, 3.05) is 17.3 Å². The smallest absolute Gasteiger partial charge is 0.272 e. The van der Waals surface area contributed by atoms with Crippen LogP contribution >= 0.6 is 11.8 Å². The zero-order valence-electron chi connectivity index (χ0n) is 16.2. The van der Waals surface area contributed by atoms with Gasteiger partial charge < -0.3 is 10.1 Å². The predicted octanol–water partition coefficient (Wildman–Crippen LogP) is 4.78. The Hall–Kier alpha value is -3.51. The highest BCUT2D eigenvalue weighted by atomic mass is 32.2. The summed E-state index contributed by atoms with van der Waals surface area (Å²) in [5.41, 5.74) is 2.72. The molecule has 2 aliphatic heterocycles. The first-order valence-corrected chi connectivity index (χ1v) is 10.3. The molecule has 30 heavy (non-hydrogen) atoms. The van der Waals surface area contributed by atoms with E-state index < -0.39 is 6.04 Å². The third kappa shape index (κ3) is 2.88. The number of hydrogen-bond donors (Lipinski definition) is 1. The van der Waals surface area contributed by atoms with Crippen LogP contribution in [-0.2, 0) is 9.59 Å². The number of nitrogens with one attached hydrogen (secondary N) is 1. The highest BCUT2D eigenvalue weighted by Gasteiger charge is 2.45. The first-order valence-electron chi connectivity index (χ1n) is 9.53. The maximum atomic E-state index is 13.6. The second kappa shape index (κ2) is 7.39. The number of fused-ring (bicyclic) bond motifs is 1. The first-order chi connectivity index (χ1) is 14.7. The number of carbonyl (C=O) groups is 2. The number of carbonyl (C=O) groups excluding carboxylic acids is 2. The van der Waals surface area contributed by atoms with E-state index in [0.717, 1.165) is 16.1 Å². The molecule has 2 amide bonds. The molecule has 1 N–H and O–H groups in total. The number of methoxy groups -OCH3 is 1. The number of ether oxygens (including phenoxy) is 1. The van der Waals surface area contributed by atoms with Gasteiger partial charge in [0.2, 0.25) is 0 Å². The first kappa shape index (κ1) is 18.5. The van der Waals surface area contributed by atoms with Gasteiger partial charge in [0.25, 0.3) is 11.8 Å². The van der Waals surface area contributed by atoms with Crippen LogP contribution in [0.4, 0.5) is 11.4 Å². The summed E-state index contributed by atoms with van der Waals surface area (Å²) in [5.74, 6) is -0.184. The fourth-order valence-electron chi connectivity index (χ4n) is 3.82. The van der Waals surface area contributed by atoms with E-state index in [1.807, 2.05) is 60.7 Å². The van der Waals surface area contributed by atoms with Crippen LogP contribution < -0.4 is 15.0 Å². The average Bonchev–Trinajstić information content (AvgIpc) is 2.93. The molecule has 0 fully saturated rings. The molecule has 0 aliphatic carbocycles. The Morgan fingerprint density at radius 1 is 0.867 bits per heavy atom. The number of amides is 2. The molecule has 0 bridgehead atoms. The van der Waals surface area contributed by atoms with Gasteiger partial charge in [0.05, 0.1) is 29.3 Å². The summed E-state index contributed by atoms with van der Waals surface area (Å²) in [5, 5.41) is 3.49. The molecule has 0 radical (unpaired) electrons. The van der Waals surface area contributed by atoms with Gasteiger partial charge in [-0.25, -0.2) is 4.90 Å². The average molecular weight is 414 g/mol. The van der Waals surface area contributed by atoms with E-state index >= 15 is 0 Å². The maximum Gasteiger partial charge on any atom is 0.272 e. The molecule has 2 aliphatic rings. The largest absolute Gasteiger partial charge is 0.495 e. The van der Waals surface area contributed by atoms with Crippen LogP contribution in [-0.4, -0.2) is 18.9 Å². The van der Waals surface area contributed by atoms with Gasteiger partial charge in [0.15, 0.2) is 0 Å². The Labute approximate surface area is 178 Å². The van der Waals surface area contributed by atoms with Crippen molar-refractivity contribution in [2.45, 2.75) is 10.9 Å². The lowest BCUT2D eigenvalue weighted by atomic mass is 9.98. The van der Waals surface area contributed by atoms with Gasteiger partial charge in [-0.2, -0.15) is 0 Å². The molecule has 3 aromatic rings. The van der Waals surface area contributed by atoms with Gasteiger partial charge in [-0.3, -0.25) is 9.59 Å². The van der Waals surface area contributed by atoms with Crippen LogP contribution in [0, 0.1) is 0 Å². The molecule has 0 unspecified atom stereocenters. The number of anilines is 2. The number of imide groups is 1. The minimum atomic E-state index is -0.437. The minimum absolute atomic E-state index is 0.330. The van der Waals surface area contributed by atoms with E-state index in [0.29, 0.717) is 21.9 Å². The summed E-state index contributed by atoms with van der Waals surface area (Å²) in [7, 11) is 1.53. The molecule has 6 heteroatoms. The second-order valence-electron chi connectivity index (χ2n) is 6.95. The third-order valence-electron chi connectivity index (χ3n) is 5.22.